The average Bonchev–Trinajstić information content (AvgIpc) is 2.73. The number of carbonyl (C=O) groups is 1. The van der Waals surface area contributed by atoms with Crippen molar-refractivity contribution >= 4 is 23.2 Å². The van der Waals surface area contributed by atoms with Crippen LogP contribution in [0.3, 0.4) is 0 Å². The Hall–Kier alpha value is -2.69. The average molecular weight is 411 g/mol. The van der Waals surface area contributed by atoms with Crippen LogP contribution in [-0.2, 0) is 11.2 Å². The number of rotatable bonds is 6. The number of carbonyl (C=O) groups excluding carboxylic acids is 1. The Balaban J connectivity index is 1.91. The van der Waals surface area contributed by atoms with Gasteiger partial charge >= 0.3 is 0 Å². The molecule has 3 aromatic rings. The van der Waals surface area contributed by atoms with E-state index in [-0.39, 0.29) is 10.9 Å². The zero-order valence-corrected chi connectivity index (χ0v) is 17.3. The molecule has 0 aromatic heterocycles. The van der Waals surface area contributed by atoms with E-state index in [2.05, 4.69) is 0 Å². The number of hydrogen-bond acceptors (Lipinski definition) is 2. The molecule has 2 N–H and O–H groups in total. The third-order valence-corrected chi connectivity index (χ3v) is 5.42. The lowest BCUT2D eigenvalue weighted by Gasteiger charge is -2.27. The molecule has 3 rings (SSSR count). The van der Waals surface area contributed by atoms with Crippen LogP contribution < -0.4 is 10.6 Å². The van der Waals surface area contributed by atoms with Gasteiger partial charge in [-0.15, -0.1) is 0 Å². The molecule has 0 aliphatic rings. The van der Waals surface area contributed by atoms with Crippen LogP contribution in [0.25, 0.3) is 0 Å². The fraction of sp³-hybridized carbons (Fsp3) is 0.208. The molecule has 0 fully saturated rings. The van der Waals surface area contributed by atoms with Gasteiger partial charge in [0.2, 0.25) is 5.91 Å². The Labute approximate surface area is 175 Å². The van der Waals surface area contributed by atoms with E-state index in [1.807, 2.05) is 62.4 Å². The lowest BCUT2D eigenvalue weighted by atomic mass is 10.0. The van der Waals surface area contributed by atoms with E-state index in [0.717, 1.165) is 22.4 Å². The topological polar surface area (TPSA) is 46.3 Å². The number of amides is 1. The summed E-state index contributed by atoms with van der Waals surface area (Å²) in [5.74, 6) is -0.684. The van der Waals surface area contributed by atoms with Gasteiger partial charge in [0.15, 0.2) is 0 Å². The quantitative estimate of drug-likeness (QED) is 0.593. The SMILES string of the molecule is Cc1ccc(N(CCc2cccc(Cl)c2F)C(=O)C(N)c2ccccc2)cc1C. The highest BCUT2D eigenvalue weighted by Gasteiger charge is 2.24. The van der Waals surface area contributed by atoms with Crippen molar-refractivity contribution in [3.8, 4) is 0 Å². The number of nitrogens with zero attached hydrogens (tertiary/aromatic N) is 1. The van der Waals surface area contributed by atoms with E-state index < -0.39 is 11.9 Å². The van der Waals surface area contributed by atoms with Gasteiger partial charge in [-0.2, -0.15) is 0 Å². The van der Waals surface area contributed by atoms with Gasteiger partial charge in [-0.05, 0) is 60.7 Å². The minimum absolute atomic E-state index is 0.0764. The first-order valence-corrected chi connectivity index (χ1v) is 9.88. The van der Waals surface area contributed by atoms with E-state index in [1.54, 1.807) is 17.0 Å². The maximum Gasteiger partial charge on any atom is 0.248 e. The van der Waals surface area contributed by atoms with E-state index in [9.17, 15) is 9.18 Å². The van der Waals surface area contributed by atoms with Gasteiger partial charge in [0.25, 0.3) is 0 Å². The Morgan fingerprint density at radius 1 is 1.03 bits per heavy atom. The van der Waals surface area contributed by atoms with Gasteiger partial charge in [-0.3, -0.25) is 4.79 Å². The fourth-order valence-corrected chi connectivity index (χ4v) is 3.40. The van der Waals surface area contributed by atoms with Gasteiger partial charge in [0.05, 0.1) is 5.02 Å². The van der Waals surface area contributed by atoms with Gasteiger partial charge in [-0.25, -0.2) is 4.39 Å². The molecule has 1 atom stereocenters. The number of nitrogens with two attached hydrogens (primary N) is 1. The Morgan fingerprint density at radius 2 is 1.76 bits per heavy atom. The first kappa shape index (κ1) is 21.0. The van der Waals surface area contributed by atoms with E-state index in [0.29, 0.717) is 18.5 Å². The summed E-state index contributed by atoms with van der Waals surface area (Å²) in [7, 11) is 0. The summed E-state index contributed by atoms with van der Waals surface area (Å²) in [6.45, 7) is 4.30. The van der Waals surface area contributed by atoms with Gasteiger partial charge in [-0.1, -0.05) is 60.1 Å². The molecular weight excluding hydrogens is 387 g/mol. The molecule has 0 radical (unpaired) electrons. The minimum Gasteiger partial charge on any atom is -0.316 e. The summed E-state index contributed by atoms with van der Waals surface area (Å²) >= 11 is 5.90. The molecule has 3 aromatic carbocycles. The summed E-state index contributed by atoms with van der Waals surface area (Å²) in [4.78, 5) is 14.9. The van der Waals surface area contributed by atoms with Crippen LogP contribution >= 0.6 is 11.6 Å². The Morgan fingerprint density at radius 3 is 2.45 bits per heavy atom. The van der Waals surface area contributed by atoms with Gasteiger partial charge in [0.1, 0.15) is 11.9 Å². The zero-order chi connectivity index (χ0) is 21.0. The molecule has 150 valence electrons. The van der Waals surface area contributed by atoms with Crippen LogP contribution in [0.4, 0.5) is 10.1 Å². The van der Waals surface area contributed by atoms with Crippen molar-refractivity contribution in [3.05, 3.63) is 99.8 Å². The fourth-order valence-electron chi connectivity index (χ4n) is 3.20. The van der Waals surface area contributed by atoms with Crippen molar-refractivity contribution in [1.82, 2.24) is 0 Å². The second-order valence-corrected chi connectivity index (χ2v) is 7.52. The Kier molecular flexibility index (Phi) is 6.68. The number of benzene rings is 3. The molecule has 1 unspecified atom stereocenters. The third-order valence-electron chi connectivity index (χ3n) is 5.13. The summed E-state index contributed by atoms with van der Waals surface area (Å²) in [6, 6.07) is 19.2. The second-order valence-electron chi connectivity index (χ2n) is 7.11. The van der Waals surface area contributed by atoms with Crippen LogP contribution in [0.5, 0.6) is 0 Å². The van der Waals surface area contributed by atoms with Crippen LogP contribution in [0.1, 0.15) is 28.3 Å². The Bertz CT molecular complexity index is 1010. The summed E-state index contributed by atoms with van der Waals surface area (Å²) in [5, 5.41) is 0.0764. The predicted molar refractivity (Wildman–Crippen MR) is 117 cm³/mol. The van der Waals surface area contributed by atoms with Crippen molar-refractivity contribution in [2.24, 2.45) is 5.73 Å². The smallest absolute Gasteiger partial charge is 0.248 e. The van der Waals surface area contributed by atoms with Gasteiger partial charge < -0.3 is 10.6 Å². The van der Waals surface area contributed by atoms with E-state index in [1.165, 1.54) is 6.07 Å². The van der Waals surface area contributed by atoms with Crippen LogP contribution in [0, 0.1) is 19.7 Å². The van der Waals surface area contributed by atoms with Crippen LogP contribution in [0.2, 0.25) is 5.02 Å². The lowest BCUT2D eigenvalue weighted by Crippen LogP contribution is -2.40. The third kappa shape index (κ3) is 4.84. The van der Waals surface area contributed by atoms with Gasteiger partial charge in [0, 0.05) is 12.2 Å². The number of hydrogen-bond donors (Lipinski definition) is 1. The molecule has 1 amide bonds. The first-order valence-electron chi connectivity index (χ1n) is 9.50. The van der Waals surface area contributed by atoms with E-state index in [4.69, 9.17) is 17.3 Å². The second kappa shape index (κ2) is 9.21. The number of aryl methyl sites for hydroxylation is 2. The monoisotopic (exact) mass is 410 g/mol. The van der Waals surface area contributed by atoms with Crippen molar-refractivity contribution in [3.63, 3.8) is 0 Å². The van der Waals surface area contributed by atoms with Crippen molar-refractivity contribution in [2.45, 2.75) is 26.3 Å². The molecule has 3 nitrogen and oxygen atoms in total. The van der Waals surface area contributed by atoms with Crippen molar-refractivity contribution in [1.29, 1.82) is 0 Å². The molecule has 0 bridgehead atoms. The number of anilines is 1. The number of halogens is 2. The predicted octanol–water partition coefficient (Wildman–Crippen LogP) is 5.37. The van der Waals surface area contributed by atoms with Crippen molar-refractivity contribution < 1.29 is 9.18 Å². The summed E-state index contributed by atoms with van der Waals surface area (Å²) < 4.78 is 14.3. The molecule has 0 spiro atoms. The summed E-state index contributed by atoms with van der Waals surface area (Å²) in [6.07, 6.45) is 0.326. The van der Waals surface area contributed by atoms with E-state index >= 15 is 0 Å². The lowest BCUT2D eigenvalue weighted by molar-refractivity contribution is -0.120. The first-order chi connectivity index (χ1) is 13.9. The van der Waals surface area contributed by atoms with Crippen molar-refractivity contribution in [2.75, 3.05) is 11.4 Å². The molecule has 29 heavy (non-hydrogen) atoms. The highest BCUT2D eigenvalue weighted by molar-refractivity contribution is 6.30. The molecule has 0 saturated carbocycles. The molecule has 0 aliphatic heterocycles. The maximum atomic E-state index is 14.3. The normalized spacial score (nSPS) is 11.9. The van der Waals surface area contributed by atoms with Crippen LogP contribution in [0.15, 0.2) is 66.7 Å². The molecule has 5 heteroatoms. The molecule has 0 saturated heterocycles. The largest absolute Gasteiger partial charge is 0.316 e. The minimum atomic E-state index is -0.804. The standard InChI is InChI=1S/C24H24ClFN2O/c1-16-11-12-20(15-17(16)2)28(14-13-18-9-6-10-21(25)22(18)26)24(29)23(27)19-7-4-3-5-8-19/h3-12,15,23H,13-14,27H2,1-2H3. The maximum absolute atomic E-state index is 14.3. The highest BCUT2D eigenvalue weighted by atomic mass is 35.5. The zero-order valence-electron chi connectivity index (χ0n) is 16.5. The highest BCUT2D eigenvalue weighted by Crippen LogP contribution is 2.24. The summed E-state index contributed by atoms with van der Waals surface area (Å²) in [5.41, 5.74) is 10.4. The van der Waals surface area contributed by atoms with Crippen LogP contribution in [-0.4, -0.2) is 12.5 Å². The molecule has 0 aliphatic carbocycles. The molecule has 0 heterocycles. The molecular formula is C24H24ClFN2O.